The summed E-state index contributed by atoms with van der Waals surface area (Å²) in [5.41, 5.74) is 0. The molecule has 0 aliphatic rings. The lowest BCUT2D eigenvalue weighted by atomic mass is 10.0. The van der Waals surface area contributed by atoms with Crippen molar-refractivity contribution in [3.8, 4) is 0 Å². The molecule has 3 N–H and O–H groups in total. The van der Waals surface area contributed by atoms with Crippen molar-refractivity contribution >= 4 is 11.9 Å². The van der Waals surface area contributed by atoms with Crippen LogP contribution >= 0.6 is 0 Å². The number of unbranched alkanes of at least 4 members (excludes halogenated alkanes) is 63. The first-order valence-electron chi connectivity index (χ1n) is 40.1. The van der Waals surface area contributed by atoms with Gasteiger partial charge in [0, 0.05) is 12.8 Å². The Labute approximate surface area is 545 Å². The van der Waals surface area contributed by atoms with Crippen LogP contribution in [0.15, 0.2) is 24.3 Å². The van der Waals surface area contributed by atoms with Crippen LogP contribution in [0.3, 0.4) is 0 Å². The van der Waals surface area contributed by atoms with Gasteiger partial charge in [-0.15, -0.1) is 0 Å². The van der Waals surface area contributed by atoms with E-state index >= 15 is 0 Å². The predicted molar refractivity (Wildman–Crippen MR) is 384 cm³/mol. The average molecular weight is 1230 g/mol. The summed E-state index contributed by atoms with van der Waals surface area (Å²) >= 11 is 0. The molecule has 87 heavy (non-hydrogen) atoms. The lowest BCUT2D eigenvalue weighted by Crippen LogP contribution is -2.45. The standard InChI is InChI=1S/C81H157NO5/c1-3-5-7-9-11-13-15-17-18-19-44-47-51-55-59-63-67-71-75-81(86)87-76-72-68-64-60-56-52-48-45-42-40-38-36-34-32-30-28-26-24-22-20-21-23-25-27-29-31-33-35-37-39-41-43-46-50-54-58-62-66-70-74-80(85)82-78(77-83)79(84)73-69-65-61-57-53-49-16-14-12-10-8-6-4-2/h18-19,69,73,78-79,83-84H,3-17,20-68,70-72,74-77H2,1-2H3,(H,82,85)/b19-18-,73-69+. The van der Waals surface area contributed by atoms with Gasteiger partial charge in [-0.25, -0.2) is 0 Å². The molecule has 0 saturated carbocycles. The molecule has 0 radical (unpaired) electrons. The maximum Gasteiger partial charge on any atom is 0.305 e. The van der Waals surface area contributed by atoms with Crippen molar-refractivity contribution in [2.45, 2.75) is 469 Å². The predicted octanol–water partition coefficient (Wildman–Crippen LogP) is 26.4. The average Bonchev–Trinajstić information content (AvgIpc) is 3.54. The SMILES string of the molecule is CCCCCCCCC/C=C\CCCCCCCCCC(=O)OCCCCCCCCCCCCCCCCCCCCCCCCCCCCCCCCCCCCCCCCCC(=O)NC(CO)C(O)/C=C/CCCCCCCCCCCCC. The summed E-state index contributed by atoms with van der Waals surface area (Å²) in [4.78, 5) is 24.6. The van der Waals surface area contributed by atoms with Gasteiger partial charge in [-0.3, -0.25) is 9.59 Å². The molecule has 0 bridgehead atoms. The highest BCUT2D eigenvalue weighted by Gasteiger charge is 2.18. The molecule has 0 aromatic rings. The van der Waals surface area contributed by atoms with Crippen LogP contribution in [-0.2, 0) is 14.3 Å². The van der Waals surface area contributed by atoms with Gasteiger partial charge in [0.15, 0.2) is 0 Å². The van der Waals surface area contributed by atoms with Crippen molar-refractivity contribution in [1.29, 1.82) is 0 Å². The molecule has 2 atom stereocenters. The molecule has 6 nitrogen and oxygen atoms in total. The van der Waals surface area contributed by atoms with Gasteiger partial charge in [-0.2, -0.15) is 0 Å². The van der Waals surface area contributed by atoms with Gasteiger partial charge in [0.2, 0.25) is 5.91 Å². The Kier molecular flexibility index (Phi) is 75.3. The lowest BCUT2D eigenvalue weighted by molar-refractivity contribution is -0.143. The molecule has 6 heteroatoms. The number of nitrogens with one attached hydrogen (secondary N) is 1. The molecular weight excluding hydrogens is 1070 g/mol. The third kappa shape index (κ3) is 73.3. The fourth-order valence-electron chi connectivity index (χ4n) is 12.9. The summed E-state index contributed by atoms with van der Waals surface area (Å²) in [6.07, 6.45) is 99.0. The second-order valence-corrected chi connectivity index (χ2v) is 27.8. The number of amides is 1. The molecule has 0 aliphatic heterocycles. The third-order valence-corrected chi connectivity index (χ3v) is 19.0. The zero-order valence-electron chi connectivity index (χ0n) is 59.3. The largest absolute Gasteiger partial charge is 0.466 e. The van der Waals surface area contributed by atoms with E-state index in [-0.39, 0.29) is 18.5 Å². The van der Waals surface area contributed by atoms with E-state index in [0.717, 1.165) is 38.5 Å². The molecular formula is C81H157NO5. The molecule has 0 spiro atoms. The first-order chi connectivity index (χ1) is 43.0. The quantitative estimate of drug-likeness (QED) is 0.0320. The smallest absolute Gasteiger partial charge is 0.305 e. The van der Waals surface area contributed by atoms with Crippen molar-refractivity contribution in [2.24, 2.45) is 0 Å². The van der Waals surface area contributed by atoms with E-state index < -0.39 is 12.1 Å². The number of hydrogen-bond acceptors (Lipinski definition) is 5. The number of aliphatic hydroxyl groups is 2. The van der Waals surface area contributed by atoms with Crippen LogP contribution in [0.25, 0.3) is 0 Å². The van der Waals surface area contributed by atoms with Gasteiger partial charge in [0.05, 0.1) is 25.4 Å². The molecule has 0 heterocycles. The first-order valence-corrected chi connectivity index (χ1v) is 40.1. The Balaban J connectivity index is 3.28. The van der Waals surface area contributed by atoms with Crippen LogP contribution in [0, 0.1) is 0 Å². The molecule has 0 rings (SSSR count). The summed E-state index contributed by atoms with van der Waals surface area (Å²) < 4.78 is 5.52. The van der Waals surface area contributed by atoms with E-state index in [1.807, 2.05) is 6.08 Å². The minimum absolute atomic E-state index is 0.0219. The highest BCUT2D eigenvalue weighted by Crippen LogP contribution is 2.20. The number of allylic oxidation sites excluding steroid dienone is 3. The second-order valence-electron chi connectivity index (χ2n) is 27.8. The Morgan fingerprint density at radius 1 is 0.310 bits per heavy atom. The summed E-state index contributed by atoms with van der Waals surface area (Å²) in [7, 11) is 0. The van der Waals surface area contributed by atoms with Gasteiger partial charge < -0.3 is 20.3 Å². The van der Waals surface area contributed by atoms with Gasteiger partial charge in [-0.1, -0.05) is 411 Å². The number of carbonyl (C=O) groups is 2. The van der Waals surface area contributed by atoms with Gasteiger partial charge in [0.1, 0.15) is 0 Å². The Bertz CT molecular complexity index is 1360. The van der Waals surface area contributed by atoms with Gasteiger partial charge in [0.25, 0.3) is 0 Å². The molecule has 0 saturated heterocycles. The van der Waals surface area contributed by atoms with Crippen molar-refractivity contribution < 1.29 is 24.5 Å². The zero-order valence-corrected chi connectivity index (χ0v) is 59.3. The zero-order chi connectivity index (χ0) is 62.8. The van der Waals surface area contributed by atoms with Crippen LogP contribution < -0.4 is 5.32 Å². The molecule has 0 aromatic heterocycles. The van der Waals surface area contributed by atoms with Gasteiger partial charge >= 0.3 is 5.97 Å². The van der Waals surface area contributed by atoms with Crippen LogP contribution in [0.2, 0.25) is 0 Å². The third-order valence-electron chi connectivity index (χ3n) is 19.0. The monoisotopic (exact) mass is 1220 g/mol. The van der Waals surface area contributed by atoms with E-state index in [1.54, 1.807) is 6.08 Å². The fourth-order valence-corrected chi connectivity index (χ4v) is 12.9. The van der Waals surface area contributed by atoms with E-state index in [4.69, 9.17) is 4.74 Å². The summed E-state index contributed by atoms with van der Waals surface area (Å²) in [6.45, 7) is 4.94. The Hall–Kier alpha value is -1.66. The number of ether oxygens (including phenoxy) is 1. The summed E-state index contributed by atoms with van der Waals surface area (Å²) in [5, 5.41) is 23.1. The minimum Gasteiger partial charge on any atom is -0.466 e. The van der Waals surface area contributed by atoms with E-state index in [0.29, 0.717) is 19.4 Å². The highest BCUT2D eigenvalue weighted by molar-refractivity contribution is 5.76. The molecule has 0 aromatic carbocycles. The molecule has 516 valence electrons. The summed E-state index contributed by atoms with van der Waals surface area (Å²) in [6, 6.07) is -0.622. The molecule has 2 unspecified atom stereocenters. The van der Waals surface area contributed by atoms with E-state index in [1.165, 1.54) is 392 Å². The lowest BCUT2D eigenvalue weighted by Gasteiger charge is -2.20. The molecule has 0 fully saturated rings. The topological polar surface area (TPSA) is 95.9 Å². The van der Waals surface area contributed by atoms with Crippen molar-refractivity contribution in [2.75, 3.05) is 13.2 Å². The van der Waals surface area contributed by atoms with Crippen LogP contribution in [0.5, 0.6) is 0 Å². The number of carbonyl (C=O) groups excluding carboxylic acids is 2. The van der Waals surface area contributed by atoms with Crippen LogP contribution in [0.4, 0.5) is 0 Å². The number of rotatable bonds is 76. The van der Waals surface area contributed by atoms with Crippen LogP contribution in [0.1, 0.15) is 457 Å². The Morgan fingerprint density at radius 3 is 0.816 bits per heavy atom. The molecule has 0 aliphatic carbocycles. The Morgan fingerprint density at radius 2 is 0.540 bits per heavy atom. The van der Waals surface area contributed by atoms with Crippen molar-refractivity contribution in [3.05, 3.63) is 24.3 Å². The minimum atomic E-state index is -0.839. The van der Waals surface area contributed by atoms with Crippen molar-refractivity contribution in [3.63, 3.8) is 0 Å². The number of aliphatic hydroxyl groups excluding tert-OH is 2. The first kappa shape index (κ1) is 85.3. The van der Waals surface area contributed by atoms with Crippen LogP contribution in [-0.4, -0.2) is 47.4 Å². The second kappa shape index (κ2) is 76.8. The number of esters is 1. The molecule has 1 amide bonds. The summed E-state index contributed by atoms with van der Waals surface area (Å²) in [5.74, 6) is -0.0378. The maximum atomic E-state index is 12.5. The normalized spacial score (nSPS) is 12.6. The highest BCUT2D eigenvalue weighted by atomic mass is 16.5. The van der Waals surface area contributed by atoms with E-state index in [9.17, 15) is 19.8 Å². The fraction of sp³-hybridized carbons (Fsp3) is 0.926. The maximum absolute atomic E-state index is 12.5. The number of hydrogen-bond donors (Lipinski definition) is 3. The van der Waals surface area contributed by atoms with E-state index in [2.05, 4.69) is 31.3 Å². The van der Waals surface area contributed by atoms with Gasteiger partial charge in [-0.05, 0) is 57.8 Å². The van der Waals surface area contributed by atoms with Crippen molar-refractivity contribution in [1.82, 2.24) is 5.32 Å².